The van der Waals surface area contributed by atoms with Gasteiger partial charge in [0.05, 0.1) is 0 Å². The van der Waals surface area contributed by atoms with Crippen LogP contribution in [0.15, 0.2) is 42.7 Å². The predicted octanol–water partition coefficient (Wildman–Crippen LogP) is 2.83. The summed E-state index contributed by atoms with van der Waals surface area (Å²) in [6.07, 6.45) is 3.82. The van der Waals surface area contributed by atoms with Gasteiger partial charge in [0.2, 0.25) is 6.54 Å². The van der Waals surface area contributed by atoms with Crippen molar-refractivity contribution in [2.24, 2.45) is 0 Å². The van der Waals surface area contributed by atoms with Crippen molar-refractivity contribution in [1.82, 2.24) is 0 Å². The minimum absolute atomic E-state index is 0.0156. The van der Waals surface area contributed by atoms with E-state index in [1.54, 1.807) is 0 Å². The first-order valence-electron chi connectivity index (χ1n) is 6.06. The molecule has 0 radical (unpaired) electrons. The van der Waals surface area contributed by atoms with Crippen LogP contribution in [-0.2, 0) is 11.3 Å². The number of hydrogen-bond acceptors (Lipinski definition) is 1. The standard InChI is InChI=1S/C15H15IN2O/c1-11-5-7-18(8-6-11)10-15(19)17-14-4-3-13(16)9-12(14)2/h3-9H,10H2,1-2H3/p+1. The normalized spacial score (nSPS) is 10.3. The van der Waals surface area contributed by atoms with Crippen molar-refractivity contribution in [2.45, 2.75) is 20.4 Å². The number of nitrogens with zero attached hydrogens (tertiary/aromatic N) is 1. The van der Waals surface area contributed by atoms with E-state index in [4.69, 9.17) is 0 Å². The van der Waals surface area contributed by atoms with E-state index in [9.17, 15) is 4.79 Å². The minimum atomic E-state index is -0.0156. The second kappa shape index (κ2) is 6.14. The number of carbonyl (C=O) groups is 1. The second-order valence-corrected chi connectivity index (χ2v) is 5.80. The van der Waals surface area contributed by atoms with E-state index < -0.39 is 0 Å². The molecule has 1 N–H and O–H groups in total. The molecule has 1 aromatic carbocycles. The molecule has 0 aliphatic rings. The molecule has 0 bridgehead atoms. The number of aryl methyl sites for hydroxylation is 2. The Morgan fingerprint density at radius 3 is 2.53 bits per heavy atom. The lowest BCUT2D eigenvalue weighted by molar-refractivity contribution is -0.684. The number of pyridine rings is 1. The summed E-state index contributed by atoms with van der Waals surface area (Å²) in [6, 6.07) is 9.96. The third kappa shape index (κ3) is 4.02. The molecule has 0 aliphatic carbocycles. The van der Waals surface area contributed by atoms with Crippen molar-refractivity contribution in [3.8, 4) is 0 Å². The topological polar surface area (TPSA) is 33.0 Å². The van der Waals surface area contributed by atoms with Crippen LogP contribution in [0.3, 0.4) is 0 Å². The number of benzene rings is 1. The van der Waals surface area contributed by atoms with Crippen LogP contribution in [0.2, 0.25) is 0 Å². The Hall–Kier alpha value is -1.43. The number of carbonyl (C=O) groups excluding carboxylic acids is 1. The Morgan fingerprint density at radius 1 is 1.21 bits per heavy atom. The van der Waals surface area contributed by atoms with Crippen molar-refractivity contribution in [2.75, 3.05) is 5.32 Å². The van der Waals surface area contributed by atoms with Gasteiger partial charge in [0.1, 0.15) is 0 Å². The van der Waals surface area contributed by atoms with Gasteiger partial charge in [-0.2, -0.15) is 4.57 Å². The molecular formula is C15H16IN2O+. The van der Waals surface area contributed by atoms with Crippen LogP contribution in [0.4, 0.5) is 5.69 Å². The highest BCUT2D eigenvalue weighted by Gasteiger charge is 2.10. The molecule has 0 spiro atoms. The summed E-state index contributed by atoms with van der Waals surface area (Å²) in [5, 5.41) is 2.94. The lowest BCUT2D eigenvalue weighted by Gasteiger charge is -2.07. The number of anilines is 1. The predicted molar refractivity (Wildman–Crippen MR) is 83.9 cm³/mol. The summed E-state index contributed by atoms with van der Waals surface area (Å²) in [5.74, 6) is -0.0156. The second-order valence-electron chi connectivity index (χ2n) is 4.56. The summed E-state index contributed by atoms with van der Waals surface area (Å²) >= 11 is 2.26. The first-order valence-corrected chi connectivity index (χ1v) is 7.14. The third-order valence-electron chi connectivity index (χ3n) is 2.85. The largest absolute Gasteiger partial charge is 0.320 e. The molecular weight excluding hydrogens is 351 g/mol. The molecule has 0 aliphatic heterocycles. The molecule has 1 aromatic heterocycles. The maximum atomic E-state index is 12.0. The van der Waals surface area contributed by atoms with Crippen LogP contribution < -0.4 is 9.88 Å². The van der Waals surface area contributed by atoms with Gasteiger partial charge >= 0.3 is 0 Å². The zero-order chi connectivity index (χ0) is 13.8. The van der Waals surface area contributed by atoms with E-state index in [-0.39, 0.29) is 5.91 Å². The van der Waals surface area contributed by atoms with Crippen LogP contribution in [0.1, 0.15) is 11.1 Å². The summed E-state index contributed by atoms with van der Waals surface area (Å²) in [5.41, 5.74) is 3.14. The number of halogens is 1. The smallest absolute Gasteiger partial charge is 0.290 e. The summed E-state index contributed by atoms with van der Waals surface area (Å²) in [4.78, 5) is 12.0. The molecule has 0 fully saturated rings. The Bertz CT molecular complexity index is 594. The SMILES string of the molecule is Cc1cc[n+](CC(=O)Nc2ccc(I)cc2C)cc1. The zero-order valence-electron chi connectivity index (χ0n) is 11.0. The van der Waals surface area contributed by atoms with Crippen molar-refractivity contribution in [1.29, 1.82) is 0 Å². The van der Waals surface area contributed by atoms with E-state index in [1.165, 1.54) is 9.13 Å². The van der Waals surface area contributed by atoms with Crippen molar-refractivity contribution in [3.05, 3.63) is 57.4 Å². The van der Waals surface area contributed by atoms with E-state index in [1.807, 2.05) is 55.1 Å². The lowest BCUT2D eigenvalue weighted by Crippen LogP contribution is -2.39. The molecule has 2 rings (SSSR count). The number of rotatable bonds is 3. The van der Waals surface area contributed by atoms with Gasteiger partial charge in [-0.25, -0.2) is 0 Å². The molecule has 0 saturated heterocycles. The quantitative estimate of drug-likeness (QED) is 0.657. The van der Waals surface area contributed by atoms with Gasteiger partial charge in [0.15, 0.2) is 12.4 Å². The summed E-state index contributed by atoms with van der Waals surface area (Å²) < 4.78 is 3.03. The number of nitrogens with one attached hydrogen (secondary N) is 1. The Labute approximate surface area is 126 Å². The number of aromatic nitrogens is 1. The number of hydrogen-bond donors (Lipinski definition) is 1. The highest BCUT2D eigenvalue weighted by Crippen LogP contribution is 2.17. The van der Waals surface area contributed by atoms with Crippen LogP contribution >= 0.6 is 22.6 Å². The molecule has 1 heterocycles. The fourth-order valence-electron chi connectivity index (χ4n) is 1.76. The van der Waals surface area contributed by atoms with E-state index in [0.717, 1.165) is 11.3 Å². The number of amides is 1. The molecule has 2 aromatic rings. The summed E-state index contributed by atoms with van der Waals surface area (Å²) in [7, 11) is 0. The Balaban J connectivity index is 2.03. The lowest BCUT2D eigenvalue weighted by atomic mass is 10.2. The van der Waals surface area contributed by atoms with E-state index in [2.05, 4.69) is 34.0 Å². The average Bonchev–Trinajstić information content (AvgIpc) is 2.36. The molecule has 0 saturated carbocycles. The van der Waals surface area contributed by atoms with Crippen LogP contribution in [0.25, 0.3) is 0 Å². The average molecular weight is 367 g/mol. The Kier molecular flexibility index (Phi) is 4.52. The first-order chi connectivity index (χ1) is 9.04. The van der Waals surface area contributed by atoms with Crippen LogP contribution in [-0.4, -0.2) is 5.91 Å². The molecule has 1 amide bonds. The van der Waals surface area contributed by atoms with Gasteiger partial charge in [-0.1, -0.05) is 0 Å². The highest BCUT2D eigenvalue weighted by atomic mass is 127. The first kappa shape index (κ1) is 14.0. The van der Waals surface area contributed by atoms with Gasteiger partial charge in [0, 0.05) is 21.4 Å². The molecule has 0 unspecified atom stereocenters. The van der Waals surface area contributed by atoms with Crippen molar-refractivity contribution in [3.63, 3.8) is 0 Å². The molecule has 98 valence electrons. The van der Waals surface area contributed by atoms with Crippen molar-refractivity contribution >= 4 is 34.2 Å². The van der Waals surface area contributed by atoms with E-state index >= 15 is 0 Å². The van der Waals surface area contributed by atoms with Gasteiger partial charge in [-0.15, -0.1) is 0 Å². The van der Waals surface area contributed by atoms with Crippen molar-refractivity contribution < 1.29 is 9.36 Å². The molecule has 4 heteroatoms. The van der Waals surface area contributed by atoms with Gasteiger partial charge < -0.3 is 5.32 Å². The molecule has 19 heavy (non-hydrogen) atoms. The Morgan fingerprint density at radius 2 is 1.89 bits per heavy atom. The summed E-state index contributed by atoms with van der Waals surface area (Å²) in [6.45, 7) is 4.35. The van der Waals surface area contributed by atoms with Gasteiger partial charge in [-0.05, 0) is 65.8 Å². The van der Waals surface area contributed by atoms with Gasteiger partial charge in [-0.3, -0.25) is 4.79 Å². The maximum Gasteiger partial charge on any atom is 0.290 e. The maximum absolute atomic E-state index is 12.0. The monoisotopic (exact) mass is 367 g/mol. The van der Waals surface area contributed by atoms with Crippen LogP contribution in [0.5, 0.6) is 0 Å². The molecule has 0 atom stereocenters. The fraction of sp³-hybridized carbons (Fsp3) is 0.200. The minimum Gasteiger partial charge on any atom is -0.320 e. The zero-order valence-corrected chi connectivity index (χ0v) is 13.1. The highest BCUT2D eigenvalue weighted by molar-refractivity contribution is 14.1. The van der Waals surface area contributed by atoms with E-state index in [0.29, 0.717) is 6.54 Å². The third-order valence-corrected chi connectivity index (χ3v) is 3.52. The molecule has 3 nitrogen and oxygen atoms in total. The van der Waals surface area contributed by atoms with Crippen LogP contribution in [0, 0.1) is 17.4 Å². The fourth-order valence-corrected chi connectivity index (χ4v) is 2.41. The van der Waals surface area contributed by atoms with Gasteiger partial charge in [0.25, 0.3) is 5.91 Å².